The van der Waals surface area contributed by atoms with Gasteiger partial charge in [-0.3, -0.25) is 0 Å². The van der Waals surface area contributed by atoms with Gasteiger partial charge >= 0.3 is 0 Å². The summed E-state index contributed by atoms with van der Waals surface area (Å²) < 4.78 is 3.36. The maximum atomic E-state index is 4.20. The minimum absolute atomic E-state index is 0.720. The van der Waals surface area contributed by atoms with Crippen molar-refractivity contribution in [2.75, 3.05) is 18.4 Å². The number of benzene rings is 1. The fourth-order valence-electron chi connectivity index (χ4n) is 4.44. The van der Waals surface area contributed by atoms with Crippen molar-refractivity contribution in [1.82, 2.24) is 10.0 Å². The average Bonchev–Trinajstić information content (AvgIpc) is 3.28. The van der Waals surface area contributed by atoms with E-state index in [9.17, 15) is 0 Å². The molecule has 0 amide bonds. The van der Waals surface area contributed by atoms with Crippen LogP contribution in [0.3, 0.4) is 0 Å². The number of hydrogen-bond acceptors (Lipinski definition) is 4. The number of fused-ring (bicyclic) bond motifs is 2. The summed E-state index contributed by atoms with van der Waals surface area (Å²) in [6.45, 7) is 6.49. The molecule has 0 saturated carbocycles. The minimum atomic E-state index is 0.720. The second kappa shape index (κ2) is 7.88. The molecule has 0 radical (unpaired) electrons. The summed E-state index contributed by atoms with van der Waals surface area (Å²) in [6, 6.07) is 2.47. The van der Waals surface area contributed by atoms with Gasteiger partial charge in [0.15, 0.2) is 0 Å². The van der Waals surface area contributed by atoms with Gasteiger partial charge in [-0.15, -0.1) is 0 Å². The Morgan fingerprint density at radius 1 is 1.08 bits per heavy atom. The minimum Gasteiger partial charge on any atom is -0.341 e. The van der Waals surface area contributed by atoms with Gasteiger partial charge in [-0.1, -0.05) is 18.7 Å². The van der Waals surface area contributed by atoms with E-state index in [1.165, 1.54) is 57.1 Å². The van der Waals surface area contributed by atoms with Crippen LogP contribution in [0.4, 0.5) is 5.69 Å². The van der Waals surface area contributed by atoms with Crippen LogP contribution in [-0.2, 0) is 25.7 Å². The van der Waals surface area contributed by atoms with E-state index >= 15 is 0 Å². The number of hydrogen-bond donors (Lipinski definition) is 3. The zero-order valence-electron chi connectivity index (χ0n) is 15.0. The van der Waals surface area contributed by atoms with Gasteiger partial charge in [0.05, 0.1) is 0 Å². The number of rotatable bonds is 6. The molecule has 25 heavy (non-hydrogen) atoms. The monoisotopic (exact) mass is 355 g/mol. The summed E-state index contributed by atoms with van der Waals surface area (Å²) in [6.07, 6.45) is 12.3. The molecule has 0 spiro atoms. The molecule has 0 atom stereocenters. The fraction of sp³-hybridized carbons (Fsp3) is 0.524. The highest BCUT2D eigenvalue weighted by atomic mass is 32.2. The van der Waals surface area contributed by atoms with Crippen LogP contribution in [0, 0.1) is 5.92 Å². The van der Waals surface area contributed by atoms with E-state index in [1.54, 1.807) is 34.2 Å². The van der Waals surface area contributed by atoms with Crippen molar-refractivity contribution < 1.29 is 0 Å². The number of allylic oxidation sites excluding steroid dienone is 1. The first kappa shape index (κ1) is 17.0. The number of nitrogens with one attached hydrogen (secondary N) is 3. The molecule has 1 aliphatic heterocycles. The van der Waals surface area contributed by atoms with Crippen LogP contribution in [0.5, 0.6) is 0 Å². The molecular formula is C21H29N3S. The predicted molar refractivity (Wildman–Crippen MR) is 109 cm³/mol. The Balaban J connectivity index is 1.36. The number of aryl methyl sites for hydroxylation is 2. The molecule has 1 saturated heterocycles. The van der Waals surface area contributed by atoms with Crippen LogP contribution < -0.4 is 15.4 Å². The average molecular weight is 356 g/mol. The topological polar surface area (TPSA) is 36.1 Å². The maximum Gasteiger partial charge on any atom is 0.106 e. The van der Waals surface area contributed by atoms with E-state index in [2.05, 4.69) is 39.5 Å². The quantitative estimate of drug-likeness (QED) is 0.665. The van der Waals surface area contributed by atoms with Gasteiger partial charge in [-0.05, 0) is 110 Å². The summed E-state index contributed by atoms with van der Waals surface area (Å²) >= 11 is 1.63. The number of anilines is 1. The molecule has 1 heterocycles. The van der Waals surface area contributed by atoms with E-state index in [4.69, 9.17) is 0 Å². The maximum absolute atomic E-state index is 4.20. The lowest BCUT2D eigenvalue weighted by Gasteiger charge is -2.19. The van der Waals surface area contributed by atoms with Gasteiger partial charge in [0.2, 0.25) is 0 Å². The summed E-state index contributed by atoms with van der Waals surface area (Å²) in [5.41, 5.74) is 7.57. The fourth-order valence-corrected chi connectivity index (χ4v) is 5.00. The summed E-state index contributed by atoms with van der Waals surface area (Å²) in [4.78, 5) is 0. The van der Waals surface area contributed by atoms with Crippen LogP contribution >= 0.6 is 11.9 Å². The first-order valence-electron chi connectivity index (χ1n) is 9.73. The Bertz CT molecular complexity index is 642. The first-order chi connectivity index (χ1) is 12.3. The zero-order chi connectivity index (χ0) is 17.1. The standard InChI is InChI=1S/C21H29N3S/c1-15(24-25-13-10-16-8-11-22-12-9-16)23-21-19-6-2-4-17(19)14-18-5-3-7-20(18)21/h10,13-14,16,22-24H,1-9,11-12H2/b13-10+. The summed E-state index contributed by atoms with van der Waals surface area (Å²) in [7, 11) is 0. The lowest BCUT2D eigenvalue weighted by atomic mass is 9.99. The zero-order valence-corrected chi connectivity index (χ0v) is 15.8. The van der Waals surface area contributed by atoms with Gasteiger partial charge in [-0.25, -0.2) is 0 Å². The Morgan fingerprint density at radius 3 is 2.44 bits per heavy atom. The highest BCUT2D eigenvalue weighted by Crippen LogP contribution is 2.39. The van der Waals surface area contributed by atoms with Crippen molar-refractivity contribution in [3.63, 3.8) is 0 Å². The summed E-state index contributed by atoms with van der Waals surface area (Å²) in [5.74, 6) is 1.62. The molecule has 0 bridgehead atoms. The normalized spacial score (nSPS) is 19.8. The van der Waals surface area contributed by atoms with E-state index in [-0.39, 0.29) is 0 Å². The smallest absolute Gasteiger partial charge is 0.106 e. The second-order valence-corrected chi connectivity index (χ2v) is 8.19. The van der Waals surface area contributed by atoms with Crippen LogP contribution in [0.25, 0.3) is 0 Å². The molecule has 3 aliphatic rings. The Labute approximate surface area is 155 Å². The van der Waals surface area contributed by atoms with E-state index in [0.29, 0.717) is 0 Å². The van der Waals surface area contributed by atoms with Gasteiger partial charge in [0.25, 0.3) is 0 Å². The Hall–Kier alpha value is -1.39. The Kier molecular flexibility index (Phi) is 5.37. The van der Waals surface area contributed by atoms with E-state index < -0.39 is 0 Å². The third-order valence-electron chi connectivity index (χ3n) is 5.73. The third kappa shape index (κ3) is 3.90. The SMILES string of the molecule is C=C(NS/C=C/C1CCNCC1)Nc1c2c(cc3c1CCC3)CCC2. The van der Waals surface area contributed by atoms with Crippen molar-refractivity contribution >= 4 is 17.6 Å². The largest absolute Gasteiger partial charge is 0.341 e. The lowest BCUT2D eigenvalue weighted by molar-refractivity contribution is 0.437. The molecule has 1 aromatic carbocycles. The highest BCUT2D eigenvalue weighted by molar-refractivity contribution is 8.00. The van der Waals surface area contributed by atoms with Crippen molar-refractivity contribution in [3.05, 3.63) is 52.2 Å². The molecule has 2 aliphatic carbocycles. The van der Waals surface area contributed by atoms with E-state index in [0.717, 1.165) is 24.8 Å². The molecule has 4 rings (SSSR count). The highest BCUT2D eigenvalue weighted by Gasteiger charge is 2.24. The van der Waals surface area contributed by atoms with Gasteiger partial charge in [0, 0.05) is 5.69 Å². The van der Waals surface area contributed by atoms with Crippen LogP contribution in [0.1, 0.15) is 47.9 Å². The van der Waals surface area contributed by atoms with Gasteiger partial charge < -0.3 is 15.4 Å². The van der Waals surface area contributed by atoms with Crippen LogP contribution in [0.15, 0.2) is 30.0 Å². The third-order valence-corrected chi connectivity index (χ3v) is 6.39. The molecule has 3 N–H and O–H groups in total. The van der Waals surface area contributed by atoms with Crippen molar-refractivity contribution in [3.8, 4) is 0 Å². The van der Waals surface area contributed by atoms with Crippen LogP contribution in [-0.4, -0.2) is 13.1 Å². The molecule has 4 heteroatoms. The predicted octanol–water partition coefficient (Wildman–Crippen LogP) is 4.30. The van der Waals surface area contributed by atoms with Crippen LogP contribution in [0.2, 0.25) is 0 Å². The molecule has 1 fully saturated rings. The summed E-state index contributed by atoms with van der Waals surface area (Å²) in [5, 5.41) is 9.21. The van der Waals surface area contributed by atoms with Crippen molar-refractivity contribution in [2.45, 2.75) is 51.4 Å². The lowest BCUT2D eigenvalue weighted by Crippen LogP contribution is -2.26. The van der Waals surface area contributed by atoms with E-state index in [1.807, 2.05) is 0 Å². The number of piperidine rings is 1. The molecule has 134 valence electrons. The second-order valence-electron chi connectivity index (χ2n) is 7.47. The van der Waals surface area contributed by atoms with Gasteiger partial charge in [0.1, 0.15) is 5.82 Å². The molecule has 0 unspecified atom stereocenters. The molecular weight excluding hydrogens is 326 g/mol. The van der Waals surface area contributed by atoms with Crippen molar-refractivity contribution in [2.24, 2.45) is 5.92 Å². The Morgan fingerprint density at radius 2 is 1.76 bits per heavy atom. The molecule has 3 nitrogen and oxygen atoms in total. The van der Waals surface area contributed by atoms with Crippen molar-refractivity contribution in [1.29, 1.82) is 0 Å². The molecule has 0 aromatic heterocycles. The molecule has 1 aromatic rings. The van der Waals surface area contributed by atoms with Gasteiger partial charge in [-0.2, -0.15) is 0 Å². The first-order valence-corrected chi connectivity index (χ1v) is 10.6.